The quantitative estimate of drug-likeness (QED) is 0.647. The average molecular weight is 372 g/mol. The third-order valence-corrected chi connectivity index (χ3v) is 3.88. The minimum absolute atomic E-state index is 0.118. The number of aliphatic hydroxyl groups excluding tert-OH is 2. The molecular formula is C21H24O6. The van der Waals surface area contributed by atoms with Crippen molar-refractivity contribution in [3.63, 3.8) is 0 Å². The molecule has 1 aromatic rings. The molecule has 2 rings (SSSR count). The van der Waals surface area contributed by atoms with Crippen LogP contribution >= 0.6 is 0 Å². The van der Waals surface area contributed by atoms with E-state index in [9.17, 15) is 19.8 Å². The normalized spacial score (nSPS) is 18.5. The van der Waals surface area contributed by atoms with E-state index in [1.54, 1.807) is 18.2 Å². The van der Waals surface area contributed by atoms with Gasteiger partial charge in [-0.2, -0.15) is 0 Å². The lowest BCUT2D eigenvalue weighted by molar-refractivity contribution is -0.147. The van der Waals surface area contributed by atoms with Crippen LogP contribution in [0.15, 0.2) is 60.4 Å². The van der Waals surface area contributed by atoms with E-state index >= 15 is 0 Å². The van der Waals surface area contributed by atoms with Crippen molar-refractivity contribution in [3.05, 3.63) is 66.0 Å². The predicted molar refractivity (Wildman–Crippen MR) is 100 cm³/mol. The van der Waals surface area contributed by atoms with Crippen LogP contribution in [0, 0.1) is 0 Å². The topological polar surface area (TPSA) is 93.1 Å². The fourth-order valence-corrected chi connectivity index (χ4v) is 2.66. The Bertz CT molecular complexity index is 719. The molecule has 2 N–H and O–H groups in total. The van der Waals surface area contributed by atoms with Crippen molar-refractivity contribution in [1.29, 1.82) is 0 Å². The van der Waals surface area contributed by atoms with E-state index in [0.29, 0.717) is 12.2 Å². The largest absolute Gasteiger partial charge is 0.462 e. The van der Waals surface area contributed by atoms with Gasteiger partial charge in [0.15, 0.2) is 0 Å². The summed E-state index contributed by atoms with van der Waals surface area (Å²) in [5.74, 6) is -0.523. The van der Waals surface area contributed by atoms with Gasteiger partial charge >= 0.3 is 11.9 Å². The number of hydrogen-bond donors (Lipinski definition) is 2. The summed E-state index contributed by atoms with van der Waals surface area (Å²) in [6.07, 6.45) is 6.18. The lowest BCUT2D eigenvalue weighted by Crippen LogP contribution is -2.25. The van der Waals surface area contributed by atoms with Gasteiger partial charge in [0.25, 0.3) is 0 Å². The van der Waals surface area contributed by atoms with Crippen molar-refractivity contribution in [3.8, 4) is 0 Å². The Labute approximate surface area is 158 Å². The highest BCUT2D eigenvalue weighted by molar-refractivity contribution is 5.86. The number of cyclic esters (lactones) is 1. The monoisotopic (exact) mass is 372 g/mol. The molecule has 1 aliphatic rings. The molecule has 0 bridgehead atoms. The Balaban J connectivity index is 1.85. The van der Waals surface area contributed by atoms with Gasteiger partial charge in [-0.1, -0.05) is 42.5 Å². The first-order valence-corrected chi connectivity index (χ1v) is 8.79. The minimum Gasteiger partial charge on any atom is -0.462 e. The highest BCUT2D eigenvalue weighted by atomic mass is 16.5. The van der Waals surface area contributed by atoms with Crippen molar-refractivity contribution in [2.45, 2.75) is 44.5 Å². The second kappa shape index (κ2) is 10.4. The molecular weight excluding hydrogens is 348 g/mol. The number of hydrogen-bond acceptors (Lipinski definition) is 6. The Morgan fingerprint density at radius 1 is 1.19 bits per heavy atom. The third kappa shape index (κ3) is 8.02. The molecule has 0 aromatic heterocycles. The van der Waals surface area contributed by atoms with Gasteiger partial charge in [-0.15, -0.1) is 0 Å². The number of rotatable bonds is 9. The molecule has 0 aliphatic carbocycles. The molecule has 6 heteroatoms. The first-order chi connectivity index (χ1) is 12.9. The molecule has 144 valence electrons. The lowest BCUT2D eigenvalue weighted by Gasteiger charge is -2.20. The predicted octanol–water partition coefficient (Wildman–Crippen LogP) is 2.52. The van der Waals surface area contributed by atoms with E-state index in [0.717, 1.165) is 5.56 Å². The van der Waals surface area contributed by atoms with Gasteiger partial charge in [0.1, 0.15) is 11.9 Å². The Morgan fingerprint density at radius 2 is 1.93 bits per heavy atom. The molecule has 6 nitrogen and oxygen atoms in total. The van der Waals surface area contributed by atoms with E-state index in [1.165, 1.54) is 19.1 Å². The molecule has 1 aromatic carbocycles. The molecule has 27 heavy (non-hydrogen) atoms. The summed E-state index contributed by atoms with van der Waals surface area (Å²) >= 11 is 0. The standard InChI is InChI=1S/C21H24O6/c1-15(22)26-20(10-9-19-11-12-21(25)27-19)14-18(24)13-17(23)8-7-16-5-3-2-4-6-16/h2-9,11-12,17-18,20,23-24H,10,13-14H2,1H3/b8-7+,19-9-/t17-,18+,20+/m1/s1. The van der Waals surface area contributed by atoms with Crippen LogP contribution in [0.4, 0.5) is 0 Å². The molecule has 0 unspecified atom stereocenters. The molecule has 0 fully saturated rings. The molecule has 0 saturated heterocycles. The summed E-state index contributed by atoms with van der Waals surface area (Å²) in [5, 5.41) is 20.3. The fraction of sp³-hybridized carbons (Fsp3) is 0.333. The average Bonchev–Trinajstić information content (AvgIpc) is 3.03. The number of esters is 2. The number of aliphatic hydroxyl groups is 2. The van der Waals surface area contributed by atoms with E-state index in [-0.39, 0.29) is 12.8 Å². The summed E-state index contributed by atoms with van der Waals surface area (Å²) in [7, 11) is 0. The summed E-state index contributed by atoms with van der Waals surface area (Å²) in [5.41, 5.74) is 0.953. The van der Waals surface area contributed by atoms with Gasteiger partial charge < -0.3 is 19.7 Å². The van der Waals surface area contributed by atoms with Crippen LogP contribution in [0.1, 0.15) is 31.7 Å². The second-order valence-electron chi connectivity index (χ2n) is 6.29. The van der Waals surface area contributed by atoms with E-state index in [1.807, 2.05) is 30.3 Å². The van der Waals surface area contributed by atoms with Gasteiger partial charge in [-0.25, -0.2) is 4.79 Å². The second-order valence-corrected chi connectivity index (χ2v) is 6.29. The van der Waals surface area contributed by atoms with Gasteiger partial charge in [0.05, 0.1) is 12.2 Å². The first-order valence-electron chi connectivity index (χ1n) is 8.79. The van der Waals surface area contributed by atoms with Crippen LogP contribution in [0.3, 0.4) is 0 Å². The Morgan fingerprint density at radius 3 is 2.56 bits per heavy atom. The van der Waals surface area contributed by atoms with Crippen LogP contribution in [-0.4, -0.2) is 40.5 Å². The summed E-state index contributed by atoms with van der Waals surface area (Å²) in [6.45, 7) is 1.29. The zero-order valence-corrected chi connectivity index (χ0v) is 15.2. The fourth-order valence-electron chi connectivity index (χ4n) is 2.66. The van der Waals surface area contributed by atoms with E-state index in [4.69, 9.17) is 9.47 Å². The maximum atomic E-state index is 11.3. The minimum atomic E-state index is -0.857. The van der Waals surface area contributed by atoms with Crippen LogP contribution in [-0.2, 0) is 19.1 Å². The molecule has 1 aliphatic heterocycles. The number of benzene rings is 1. The van der Waals surface area contributed by atoms with Crippen LogP contribution < -0.4 is 0 Å². The highest BCUT2D eigenvalue weighted by Gasteiger charge is 2.19. The number of carbonyl (C=O) groups excluding carboxylic acids is 2. The molecule has 0 spiro atoms. The van der Waals surface area contributed by atoms with Gasteiger partial charge in [-0.05, 0) is 17.7 Å². The van der Waals surface area contributed by atoms with Crippen LogP contribution in [0.5, 0.6) is 0 Å². The SMILES string of the molecule is CC(=O)O[C@@H](C/C=C1/C=CC(=O)O1)C[C@@H](O)C[C@H](O)/C=C/c1ccccc1. The van der Waals surface area contributed by atoms with Gasteiger partial charge in [-0.3, -0.25) is 4.79 Å². The van der Waals surface area contributed by atoms with E-state index in [2.05, 4.69) is 0 Å². The zero-order chi connectivity index (χ0) is 19.6. The molecule has 1 heterocycles. The van der Waals surface area contributed by atoms with Crippen molar-refractivity contribution < 1.29 is 29.3 Å². The summed E-state index contributed by atoms with van der Waals surface area (Å²) < 4.78 is 10.1. The van der Waals surface area contributed by atoms with Crippen LogP contribution in [0.2, 0.25) is 0 Å². The van der Waals surface area contributed by atoms with Crippen molar-refractivity contribution in [2.75, 3.05) is 0 Å². The van der Waals surface area contributed by atoms with Gasteiger partial charge in [0.2, 0.25) is 0 Å². The maximum Gasteiger partial charge on any atom is 0.336 e. The summed E-state index contributed by atoms with van der Waals surface area (Å²) in [6, 6.07) is 9.53. The first kappa shape index (κ1) is 20.6. The molecule has 0 radical (unpaired) electrons. The maximum absolute atomic E-state index is 11.3. The highest BCUT2D eigenvalue weighted by Crippen LogP contribution is 2.17. The van der Waals surface area contributed by atoms with Gasteiger partial charge in [0, 0.05) is 32.3 Å². The van der Waals surface area contributed by atoms with Crippen molar-refractivity contribution in [1.82, 2.24) is 0 Å². The Kier molecular flexibility index (Phi) is 7.98. The smallest absolute Gasteiger partial charge is 0.336 e. The molecule has 0 amide bonds. The van der Waals surface area contributed by atoms with Crippen molar-refractivity contribution in [2.24, 2.45) is 0 Å². The number of carbonyl (C=O) groups is 2. The number of ether oxygens (including phenoxy) is 2. The third-order valence-electron chi connectivity index (χ3n) is 3.88. The Hall–Kier alpha value is -2.70. The summed E-state index contributed by atoms with van der Waals surface area (Å²) in [4.78, 5) is 22.3. The van der Waals surface area contributed by atoms with E-state index < -0.39 is 30.3 Å². The molecule has 3 atom stereocenters. The lowest BCUT2D eigenvalue weighted by atomic mass is 10.0. The molecule has 0 saturated carbocycles. The van der Waals surface area contributed by atoms with Crippen LogP contribution in [0.25, 0.3) is 6.08 Å². The van der Waals surface area contributed by atoms with Crippen molar-refractivity contribution >= 4 is 18.0 Å². The zero-order valence-electron chi connectivity index (χ0n) is 15.2. The number of allylic oxidation sites excluding steroid dienone is 1.